The average molecular weight is 476 g/mol. The van der Waals surface area contributed by atoms with Crippen LogP contribution in [0.2, 0.25) is 0 Å². The summed E-state index contributed by atoms with van der Waals surface area (Å²) in [7, 11) is 1.62. The number of ether oxygens (including phenoxy) is 3. The number of cyclic esters (lactones) is 1. The minimum atomic E-state index is -0.305. The van der Waals surface area contributed by atoms with Gasteiger partial charge in [0.05, 0.1) is 13.7 Å². The predicted molar refractivity (Wildman–Crippen MR) is 129 cm³/mol. The number of nitrogens with zero attached hydrogens (tertiary/aromatic N) is 2. The number of anilines is 2. The van der Waals surface area contributed by atoms with Gasteiger partial charge in [0.25, 0.3) is 0 Å². The van der Waals surface area contributed by atoms with Crippen LogP contribution in [-0.4, -0.2) is 62.4 Å². The third-order valence-electron chi connectivity index (χ3n) is 5.73. The van der Waals surface area contributed by atoms with Crippen molar-refractivity contribution in [3.63, 3.8) is 0 Å². The molecule has 0 bridgehead atoms. The van der Waals surface area contributed by atoms with E-state index in [4.69, 9.17) is 14.2 Å². The summed E-state index contributed by atoms with van der Waals surface area (Å²) < 4.78 is 16.9. The molecule has 0 unspecified atom stereocenters. The van der Waals surface area contributed by atoms with Crippen molar-refractivity contribution >= 4 is 35.8 Å². The third kappa shape index (κ3) is 6.52. The fraction of sp³-hybridized carbons (Fsp3) is 0.417. The van der Waals surface area contributed by atoms with Crippen molar-refractivity contribution in [2.75, 3.05) is 43.5 Å². The normalized spacial score (nSPS) is 18.9. The van der Waals surface area contributed by atoms with Gasteiger partial charge in [-0.2, -0.15) is 0 Å². The molecule has 2 aliphatic rings. The van der Waals surface area contributed by atoms with Crippen LogP contribution >= 0.6 is 12.4 Å². The van der Waals surface area contributed by atoms with Gasteiger partial charge in [0.15, 0.2) is 0 Å². The third-order valence-corrected chi connectivity index (χ3v) is 5.73. The zero-order chi connectivity index (χ0) is 22.5. The molecule has 0 spiro atoms. The van der Waals surface area contributed by atoms with Crippen molar-refractivity contribution in [3.05, 3.63) is 48.5 Å². The van der Waals surface area contributed by atoms with Crippen LogP contribution in [0.3, 0.4) is 0 Å². The lowest BCUT2D eigenvalue weighted by atomic mass is 10.1. The molecule has 9 heteroatoms. The standard InChI is InChI=1S/C24H29N3O5.ClH/c1-17(28)25-18-3-7-21(8-4-18)31-22-11-13-26(14-12-22)15-23-16-27(24(29)32-23)19-5-9-20(30-2)10-6-19;/h3-10,22-23H,11-16H2,1-2H3,(H,25,28);1H/t23-;/m1./s1. The van der Waals surface area contributed by atoms with E-state index in [1.807, 2.05) is 48.5 Å². The smallest absolute Gasteiger partial charge is 0.414 e. The SMILES string of the molecule is COc1ccc(N2C[C@@H](CN3CCC(Oc4ccc(NC(C)=O)cc4)CC3)OC2=O)cc1.Cl. The van der Waals surface area contributed by atoms with Gasteiger partial charge >= 0.3 is 6.09 Å². The highest BCUT2D eigenvalue weighted by Gasteiger charge is 2.34. The first-order valence-corrected chi connectivity index (χ1v) is 10.9. The maximum absolute atomic E-state index is 12.3. The van der Waals surface area contributed by atoms with E-state index in [9.17, 15) is 9.59 Å². The number of carbonyl (C=O) groups is 2. The Balaban J connectivity index is 0.00000306. The first kappa shape index (κ1) is 24.7. The van der Waals surface area contributed by atoms with Crippen LogP contribution in [0.4, 0.5) is 16.2 Å². The molecule has 1 N–H and O–H groups in total. The molecule has 2 amide bonds. The number of likely N-dealkylation sites (tertiary alicyclic amines) is 1. The largest absolute Gasteiger partial charge is 0.497 e. The Kier molecular flexibility index (Phi) is 8.41. The van der Waals surface area contributed by atoms with Crippen LogP contribution in [0.1, 0.15) is 19.8 Å². The molecule has 0 aromatic heterocycles. The molecule has 2 aromatic rings. The van der Waals surface area contributed by atoms with Gasteiger partial charge in [0, 0.05) is 37.9 Å². The lowest BCUT2D eigenvalue weighted by molar-refractivity contribution is -0.114. The summed E-state index contributed by atoms with van der Waals surface area (Å²) in [5.74, 6) is 1.47. The van der Waals surface area contributed by atoms with E-state index in [1.54, 1.807) is 12.0 Å². The van der Waals surface area contributed by atoms with Crippen molar-refractivity contribution in [3.8, 4) is 11.5 Å². The zero-order valence-corrected chi connectivity index (χ0v) is 19.7. The van der Waals surface area contributed by atoms with Gasteiger partial charge < -0.3 is 19.5 Å². The first-order chi connectivity index (χ1) is 15.5. The predicted octanol–water partition coefficient (Wildman–Crippen LogP) is 3.94. The molecule has 0 saturated carbocycles. The molecule has 1 atom stereocenters. The van der Waals surface area contributed by atoms with Gasteiger partial charge in [0.1, 0.15) is 23.7 Å². The Bertz CT molecular complexity index is 930. The van der Waals surface area contributed by atoms with Crippen LogP contribution in [0.5, 0.6) is 11.5 Å². The molecular weight excluding hydrogens is 446 g/mol. The summed E-state index contributed by atoms with van der Waals surface area (Å²) in [5.41, 5.74) is 1.57. The number of hydrogen-bond acceptors (Lipinski definition) is 6. The van der Waals surface area contributed by atoms with Crippen LogP contribution in [0.25, 0.3) is 0 Å². The second-order valence-corrected chi connectivity index (χ2v) is 8.14. The molecule has 8 nitrogen and oxygen atoms in total. The quantitative estimate of drug-likeness (QED) is 0.653. The monoisotopic (exact) mass is 475 g/mol. The van der Waals surface area contributed by atoms with E-state index in [0.29, 0.717) is 6.54 Å². The molecule has 0 radical (unpaired) electrons. The Hall–Kier alpha value is -2.97. The zero-order valence-electron chi connectivity index (χ0n) is 18.9. The molecule has 2 aliphatic heterocycles. The number of rotatable bonds is 7. The summed E-state index contributed by atoms with van der Waals surface area (Å²) in [6.07, 6.45) is 1.52. The second kappa shape index (κ2) is 11.2. The molecule has 4 rings (SSSR count). The van der Waals surface area contributed by atoms with Gasteiger partial charge in [-0.1, -0.05) is 0 Å². The molecule has 178 valence electrons. The highest BCUT2D eigenvalue weighted by molar-refractivity contribution is 5.90. The van der Waals surface area contributed by atoms with E-state index >= 15 is 0 Å². The van der Waals surface area contributed by atoms with E-state index in [0.717, 1.165) is 55.3 Å². The second-order valence-electron chi connectivity index (χ2n) is 8.14. The van der Waals surface area contributed by atoms with Crippen molar-refractivity contribution in [1.82, 2.24) is 4.90 Å². The maximum Gasteiger partial charge on any atom is 0.414 e. The minimum Gasteiger partial charge on any atom is -0.497 e. The van der Waals surface area contributed by atoms with Crippen LogP contribution in [0, 0.1) is 0 Å². The fourth-order valence-corrected chi connectivity index (χ4v) is 4.10. The molecule has 2 fully saturated rings. The van der Waals surface area contributed by atoms with E-state index in [-0.39, 0.29) is 36.6 Å². The Morgan fingerprint density at radius 3 is 2.30 bits per heavy atom. The number of hydrogen-bond donors (Lipinski definition) is 1. The topological polar surface area (TPSA) is 80.3 Å². The fourth-order valence-electron chi connectivity index (χ4n) is 4.10. The van der Waals surface area contributed by atoms with E-state index < -0.39 is 0 Å². The van der Waals surface area contributed by atoms with Crippen LogP contribution < -0.4 is 19.7 Å². The number of amides is 2. The van der Waals surface area contributed by atoms with Gasteiger partial charge in [-0.25, -0.2) is 4.79 Å². The molecule has 0 aliphatic carbocycles. The summed E-state index contributed by atoms with van der Waals surface area (Å²) in [4.78, 5) is 27.4. The first-order valence-electron chi connectivity index (χ1n) is 10.9. The van der Waals surface area contributed by atoms with Crippen LogP contribution in [0.15, 0.2) is 48.5 Å². The van der Waals surface area contributed by atoms with Crippen molar-refractivity contribution in [1.29, 1.82) is 0 Å². The minimum absolute atomic E-state index is 0. The number of carbonyl (C=O) groups excluding carboxylic acids is 2. The van der Waals surface area contributed by atoms with E-state index in [2.05, 4.69) is 10.2 Å². The highest BCUT2D eigenvalue weighted by atomic mass is 35.5. The summed E-state index contributed by atoms with van der Waals surface area (Å²) in [6, 6.07) is 14.9. The molecule has 2 saturated heterocycles. The Morgan fingerprint density at radius 1 is 1.06 bits per heavy atom. The number of nitrogens with one attached hydrogen (secondary N) is 1. The summed E-state index contributed by atoms with van der Waals surface area (Å²) in [5, 5.41) is 2.75. The molecular formula is C24H30ClN3O5. The van der Waals surface area contributed by atoms with Crippen molar-refractivity contribution < 1.29 is 23.8 Å². The van der Waals surface area contributed by atoms with Crippen molar-refractivity contribution in [2.24, 2.45) is 0 Å². The molecule has 33 heavy (non-hydrogen) atoms. The van der Waals surface area contributed by atoms with E-state index in [1.165, 1.54) is 6.92 Å². The Morgan fingerprint density at radius 2 is 1.70 bits per heavy atom. The van der Waals surface area contributed by atoms with Gasteiger partial charge in [-0.05, 0) is 61.4 Å². The average Bonchev–Trinajstić information content (AvgIpc) is 3.16. The molecule has 2 heterocycles. The number of halogens is 1. The lowest BCUT2D eigenvalue weighted by Crippen LogP contribution is -2.42. The number of benzene rings is 2. The summed E-state index contributed by atoms with van der Waals surface area (Å²) in [6.45, 7) is 4.54. The number of methoxy groups -OCH3 is 1. The Labute approximate surface area is 200 Å². The van der Waals surface area contributed by atoms with Gasteiger partial charge in [-0.15, -0.1) is 12.4 Å². The summed E-state index contributed by atoms with van der Waals surface area (Å²) >= 11 is 0. The highest BCUT2D eigenvalue weighted by Crippen LogP contribution is 2.26. The van der Waals surface area contributed by atoms with Gasteiger partial charge in [0.2, 0.25) is 5.91 Å². The molecule has 2 aromatic carbocycles. The lowest BCUT2D eigenvalue weighted by Gasteiger charge is -2.33. The van der Waals surface area contributed by atoms with Crippen LogP contribution in [-0.2, 0) is 9.53 Å². The maximum atomic E-state index is 12.3. The number of piperidine rings is 1. The van der Waals surface area contributed by atoms with Gasteiger partial charge in [-0.3, -0.25) is 14.6 Å². The van der Waals surface area contributed by atoms with Crippen molar-refractivity contribution in [2.45, 2.75) is 32.0 Å².